The Balaban J connectivity index is 4.37. The van der Waals surface area contributed by atoms with Crippen molar-refractivity contribution in [1.82, 2.24) is 0 Å². The molecule has 2 N–H and O–H groups in total. The van der Waals surface area contributed by atoms with Crippen molar-refractivity contribution in [3.63, 3.8) is 0 Å². The first-order valence-electron chi connectivity index (χ1n) is 5.39. The number of nitrogens with two attached hydrogens (primary N) is 1. The Morgan fingerprint density at radius 1 is 1.47 bits per heavy atom. The van der Waals surface area contributed by atoms with Crippen molar-refractivity contribution >= 4 is 5.84 Å². The van der Waals surface area contributed by atoms with E-state index in [1.54, 1.807) is 13.1 Å². The summed E-state index contributed by atoms with van der Waals surface area (Å²) < 4.78 is 5.60. The third-order valence-corrected chi connectivity index (χ3v) is 1.52. The molecule has 0 aromatic rings. The number of hydrogen-bond acceptors (Lipinski definition) is 2. The van der Waals surface area contributed by atoms with Crippen LogP contribution in [0.2, 0.25) is 0 Å². The first kappa shape index (κ1) is 13.8. The normalized spacial score (nSPS) is 13.9. The lowest BCUT2D eigenvalue weighted by atomic mass is 10.3. The first-order chi connectivity index (χ1) is 7.06. The molecule has 0 spiro atoms. The number of nitrogens with zero attached hydrogens (tertiary/aromatic N) is 1. The molecular formula is C12H22N2O. The predicted molar refractivity (Wildman–Crippen MR) is 65.6 cm³/mol. The maximum Gasteiger partial charge on any atom is 0.117 e. The van der Waals surface area contributed by atoms with Gasteiger partial charge in [-0.15, -0.1) is 0 Å². The fourth-order valence-corrected chi connectivity index (χ4v) is 0.942. The van der Waals surface area contributed by atoms with Crippen LogP contribution in [0.1, 0.15) is 40.5 Å². The number of rotatable bonds is 6. The van der Waals surface area contributed by atoms with Crippen molar-refractivity contribution in [1.29, 1.82) is 0 Å². The summed E-state index contributed by atoms with van der Waals surface area (Å²) in [7, 11) is 0. The molecule has 0 radical (unpaired) electrons. The third kappa shape index (κ3) is 9.06. The van der Waals surface area contributed by atoms with Gasteiger partial charge in [0.05, 0.1) is 11.9 Å². The van der Waals surface area contributed by atoms with Crippen LogP contribution in [0.25, 0.3) is 0 Å². The first-order valence-corrected chi connectivity index (χ1v) is 5.39. The number of unbranched alkanes of at least 4 members (excludes halogenated alkanes) is 1. The number of allylic oxidation sites excluding steroid dienone is 2. The highest BCUT2D eigenvalue weighted by atomic mass is 16.5. The zero-order valence-electron chi connectivity index (χ0n) is 10.2. The molecule has 0 saturated carbocycles. The lowest BCUT2D eigenvalue weighted by Gasteiger charge is -2.10. The lowest BCUT2D eigenvalue weighted by Crippen LogP contribution is -2.03. The standard InChI is InChI=1S/C12H22N2O/c1-5-6-7-12(15-10(2)3)8-9-14-11(4)13/h7-10H,5-6H2,1-4H3,(H2,13,14)/b9-8-,12-7-. The molecule has 0 rings (SSSR count). The SMILES string of the molecule is CCC/C=C(/C=C\N=C(C)N)OC(C)C. The number of hydrogen-bond donors (Lipinski definition) is 1. The van der Waals surface area contributed by atoms with E-state index >= 15 is 0 Å². The van der Waals surface area contributed by atoms with Gasteiger partial charge in [0.2, 0.25) is 0 Å². The van der Waals surface area contributed by atoms with Crippen molar-refractivity contribution in [2.75, 3.05) is 0 Å². The summed E-state index contributed by atoms with van der Waals surface area (Å²) in [5.74, 6) is 1.41. The predicted octanol–water partition coefficient (Wildman–Crippen LogP) is 2.99. The van der Waals surface area contributed by atoms with Crippen molar-refractivity contribution in [3.8, 4) is 0 Å². The Kier molecular flexibility index (Phi) is 7.42. The van der Waals surface area contributed by atoms with Crippen molar-refractivity contribution in [2.45, 2.75) is 46.6 Å². The van der Waals surface area contributed by atoms with Crippen molar-refractivity contribution in [2.24, 2.45) is 10.7 Å². The summed E-state index contributed by atoms with van der Waals surface area (Å²) in [5, 5.41) is 0. The van der Waals surface area contributed by atoms with Gasteiger partial charge in [-0.1, -0.05) is 13.3 Å². The van der Waals surface area contributed by atoms with Gasteiger partial charge >= 0.3 is 0 Å². The molecule has 86 valence electrons. The zero-order valence-corrected chi connectivity index (χ0v) is 10.2. The zero-order chi connectivity index (χ0) is 11.7. The molecule has 3 nitrogen and oxygen atoms in total. The van der Waals surface area contributed by atoms with Gasteiger partial charge in [0, 0.05) is 6.20 Å². The molecule has 15 heavy (non-hydrogen) atoms. The quantitative estimate of drug-likeness (QED) is 0.317. The Hall–Kier alpha value is -1.25. The van der Waals surface area contributed by atoms with E-state index in [0.717, 1.165) is 18.6 Å². The molecule has 0 aliphatic rings. The molecule has 0 aliphatic carbocycles. The number of ether oxygens (including phenoxy) is 1. The largest absolute Gasteiger partial charge is 0.491 e. The third-order valence-electron chi connectivity index (χ3n) is 1.52. The van der Waals surface area contributed by atoms with E-state index in [1.807, 2.05) is 19.9 Å². The molecule has 0 unspecified atom stereocenters. The molecule has 0 atom stereocenters. The molecule has 0 heterocycles. The van der Waals surface area contributed by atoms with E-state index in [2.05, 4.69) is 18.0 Å². The van der Waals surface area contributed by atoms with Crippen LogP contribution in [0.5, 0.6) is 0 Å². The highest BCUT2D eigenvalue weighted by Crippen LogP contribution is 2.06. The van der Waals surface area contributed by atoms with E-state index in [4.69, 9.17) is 10.5 Å². The monoisotopic (exact) mass is 210 g/mol. The van der Waals surface area contributed by atoms with Crippen LogP contribution in [0.4, 0.5) is 0 Å². The van der Waals surface area contributed by atoms with Gasteiger partial charge in [-0.25, -0.2) is 4.99 Å². The second-order valence-corrected chi connectivity index (χ2v) is 3.65. The van der Waals surface area contributed by atoms with Crippen LogP contribution < -0.4 is 5.73 Å². The van der Waals surface area contributed by atoms with Crippen LogP contribution in [0, 0.1) is 0 Å². The van der Waals surface area contributed by atoms with Crippen molar-refractivity contribution in [3.05, 3.63) is 24.1 Å². The number of aliphatic imine (C=N–C) groups is 1. The van der Waals surface area contributed by atoms with Gasteiger partial charge in [0.15, 0.2) is 0 Å². The second kappa shape index (κ2) is 8.09. The van der Waals surface area contributed by atoms with E-state index in [-0.39, 0.29) is 6.10 Å². The van der Waals surface area contributed by atoms with Crippen molar-refractivity contribution < 1.29 is 4.74 Å². The van der Waals surface area contributed by atoms with Gasteiger partial charge < -0.3 is 10.5 Å². The number of amidine groups is 1. The average Bonchev–Trinajstić information content (AvgIpc) is 2.12. The van der Waals surface area contributed by atoms with Gasteiger partial charge in [0.1, 0.15) is 5.76 Å². The van der Waals surface area contributed by atoms with E-state index in [1.165, 1.54) is 0 Å². The van der Waals surface area contributed by atoms with Gasteiger partial charge in [-0.2, -0.15) is 0 Å². The summed E-state index contributed by atoms with van der Waals surface area (Å²) >= 11 is 0. The van der Waals surface area contributed by atoms with Gasteiger partial charge in [0.25, 0.3) is 0 Å². The molecule has 3 heteroatoms. The van der Waals surface area contributed by atoms with Gasteiger partial charge in [-0.3, -0.25) is 0 Å². The minimum atomic E-state index is 0.181. The topological polar surface area (TPSA) is 47.6 Å². The van der Waals surface area contributed by atoms with Crippen LogP contribution in [0.15, 0.2) is 29.1 Å². The molecular weight excluding hydrogens is 188 g/mol. The van der Waals surface area contributed by atoms with E-state index in [9.17, 15) is 0 Å². The fraction of sp³-hybridized carbons (Fsp3) is 0.583. The Bertz CT molecular complexity index is 248. The summed E-state index contributed by atoms with van der Waals surface area (Å²) in [6.07, 6.45) is 7.87. The average molecular weight is 210 g/mol. The fourth-order valence-electron chi connectivity index (χ4n) is 0.942. The molecule has 0 saturated heterocycles. The second-order valence-electron chi connectivity index (χ2n) is 3.65. The Labute approximate surface area is 92.7 Å². The minimum absolute atomic E-state index is 0.181. The smallest absolute Gasteiger partial charge is 0.117 e. The maximum absolute atomic E-state index is 5.60. The Morgan fingerprint density at radius 3 is 2.60 bits per heavy atom. The highest BCUT2D eigenvalue weighted by molar-refractivity contribution is 5.77. The van der Waals surface area contributed by atoms with Crippen LogP contribution in [-0.2, 0) is 4.74 Å². The minimum Gasteiger partial charge on any atom is -0.491 e. The Morgan fingerprint density at radius 2 is 2.13 bits per heavy atom. The summed E-state index contributed by atoms with van der Waals surface area (Å²) in [6, 6.07) is 0. The summed E-state index contributed by atoms with van der Waals surface area (Å²) in [4.78, 5) is 3.97. The van der Waals surface area contributed by atoms with E-state index in [0.29, 0.717) is 5.84 Å². The van der Waals surface area contributed by atoms with Crippen LogP contribution in [0.3, 0.4) is 0 Å². The summed E-state index contributed by atoms with van der Waals surface area (Å²) in [5.41, 5.74) is 5.42. The van der Waals surface area contributed by atoms with Crippen LogP contribution in [-0.4, -0.2) is 11.9 Å². The van der Waals surface area contributed by atoms with E-state index < -0.39 is 0 Å². The highest BCUT2D eigenvalue weighted by Gasteiger charge is 1.96. The van der Waals surface area contributed by atoms with Gasteiger partial charge in [-0.05, 0) is 39.3 Å². The molecule has 0 fully saturated rings. The van der Waals surface area contributed by atoms with Crippen LogP contribution >= 0.6 is 0 Å². The molecule has 0 amide bonds. The molecule has 0 bridgehead atoms. The molecule has 0 aromatic carbocycles. The molecule has 0 aliphatic heterocycles. The summed E-state index contributed by atoms with van der Waals surface area (Å²) in [6.45, 7) is 7.90. The lowest BCUT2D eigenvalue weighted by molar-refractivity contribution is 0.157. The maximum atomic E-state index is 5.60. The molecule has 0 aromatic heterocycles.